The largest absolute Gasteiger partial charge is 0.511 e. The van der Waals surface area contributed by atoms with Crippen LogP contribution in [-0.4, -0.2) is 260 Å². The number of hydrogen-bond acceptors (Lipinski definition) is 40. The summed E-state index contributed by atoms with van der Waals surface area (Å²) in [6, 6.07) is 0. The normalized spacial score (nSPS) is 26.8. The molecule has 0 spiro atoms. The zero-order valence-corrected chi connectivity index (χ0v) is 83.1. The summed E-state index contributed by atoms with van der Waals surface area (Å²) < 4.78 is 120. The van der Waals surface area contributed by atoms with Crippen LogP contribution in [0.5, 0.6) is 0 Å². The molecule has 9 heterocycles. The fourth-order valence-corrected chi connectivity index (χ4v) is 13.2. The predicted octanol–water partition coefficient (Wildman–Crippen LogP) is 14.9. The van der Waals surface area contributed by atoms with E-state index in [4.69, 9.17) is 90.0 Å². The van der Waals surface area contributed by atoms with Crippen LogP contribution in [0.1, 0.15) is 282 Å². The Morgan fingerprint density at radius 1 is 0.343 bits per heavy atom. The molecule has 0 aromatic heterocycles. The second kappa shape index (κ2) is 51.6. The maximum atomic E-state index is 12.1. The molecule has 0 radical (unpaired) electrons. The maximum Gasteiger partial charge on any atom is 0.511 e. The first-order chi connectivity index (χ1) is 62.5. The van der Waals surface area contributed by atoms with Crippen molar-refractivity contribution in [3.05, 3.63) is 0 Å². The summed E-state index contributed by atoms with van der Waals surface area (Å²) in [6.45, 7) is 49.6. The molecule has 12 fully saturated rings. The number of carbonyl (C=O) groups excluding carboxylic acids is 15. The average molecular weight is 1920 g/mol. The maximum absolute atomic E-state index is 12.1. The molecule has 3 saturated carbocycles. The molecule has 3 aliphatic carbocycles. The van der Waals surface area contributed by atoms with Crippen LogP contribution < -0.4 is 0 Å². The minimum atomic E-state index is -0.888. The first kappa shape index (κ1) is 115. The van der Waals surface area contributed by atoms with E-state index in [1.807, 2.05) is 159 Å². The topological polar surface area (TPSA) is 498 Å². The Labute approximate surface area is 786 Å². The number of ether oxygens (including phenoxy) is 24. The molecule has 0 amide bonds. The van der Waals surface area contributed by atoms with Gasteiger partial charge in [-0.15, -0.1) is 0 Å². The van der Waals surface area contributed by atoms with Crippen LogP contribution in [0.2, 0.25) is 0 Å². The van der Waals surface area contributed by atoms with E-state index in [1.54, 1.807) is 13.8 Å². The lowest BCUT2D eigenvalue weighted by Crippen LogP contribution is -2.41. The molecular formula is C94H150O40. The van der Waals surface area contributed by atoms with Gasteiger partial charge < -0.3 is 119 Å². The van der Waals surface area contributed by atoms with Crippen LogP contribution >= 0.6 is 0 Å². The van der Waals surface area contributed by atoms with Gasteiger partial charge in [-0.05, 0) is 213 Å². The summed E-state index contributed by atoms with van der Waals surface area (Å²) in [5.74, 6) is -1.32. The molecule has 9 aliphatic heterocycles. The van der Waals surface area contributed by atoms with Gasteiger partial charge in [0.05, 0.1) is 76.4 Å². The van der Waals surface area contributed by atoms with Crippen LogP contribution in [0.15, 0.2) is 0 Å². The lowest BCUT2D eigenvalue weighted by atomic mass is 9.89. The third-order valence-corrected chi connectivity index (χ3v) is 26.5. The van der Waals surface area contributed by atoms with E-state index in [9.17, 15) is 77.0 Å². The molecule has 12 aliphatic rings. The van der Waals surface area contributed by atoms with E-state index >= 15 is 0 Å². The Hall–Kier alpha value is -9.47. The summed E-state index contributed by atoms with van der Waals surface area (Å²) in [6.07, 6.45) is 2.61. The number of hydrogen-bond donors (Lipinski definition) is 1. The molecule has 40 heteroatoms. The van der Waals surface area contributed by atoms with Gasteiger partial charge in [-0.1, -0.05) is 62.3 Å². The minimum absolute atomic E-state index is 0.0234. The molecule has 0 aromatic carbocycles. The summed E-state index contributed by atoms with van der Waals surface area (Å²) in [5, 5.41) is 9.57. The van der Waals surface area contributed by atoms with Crippen molar-refractivity contribution in [1.82, 2.24) is 0 Å². The second-order valence-electron chi connectivity index (χ2n) is 40.0. The molecule has 12 rings (SSSR count). The second-order valence-corrected chi connectivity index (χ2v) is 40.0. The van der Waals surface area contributed by atoms with E-state index in [2.05, 4.69) is 23.7 Å². The Balaban J connectivity index is 0.000000271. The zero-order chi connectivity index (χ0) is 101. The standard InChI is InChI=1S/C14H20O5.C13H20O5.C13H22O5.2C12H20O5.C11H18O5.C10H16O5.C9H14O5/c1-4-14(2,3)12(15)17-9-6-7-5-8(9)11-10(7)18-13(16)19-11;1-4-13(2,3)11(14)16-8-5-6-9-10(7-8)18-12(15)17-9;1-5-13(3,4)11(14)16-7-6-9(2)10-8-17-12(15)18-10;1-4-12(2,3)11(14)17-8-6-16-9-7(13)5-15-10(8)9;1-4-12(2,3)10(13)15-7-5-6-9-8-16-11(14)17-9;1-4-11(2,3)9(12)14-6-5-8-7-15-10(13)16-8;1-4-10(2,3)8(11)13-5-7-6-14-9(12)15-7;1-4-9(2,3)7(10)13-6-5-12-8(11)14-6/h7-11H,4-6H2,1-3H3;8-10H,4-7H2,1-3H3;9-10H,5-8H2,1-4H3;7-10,13H,4-6H2,1-3H3;9H,4-8H2,1-3H3;8H,4-7H2,1-3H3;7H,4-6H2,1-3H3;6H,4-5H2,1-3H3. The number of rotatable bonds is 33. The van der Waals surface area contributed by atoms with Crippen molar-refractivity contribution in [3.8, 4) is 0 Å². The van der Waals surface area contributed by atoms with Crippen molar-refractivity contribution >= 4 is 90.8 Å². The monoisotopic (exact) mass is 1920 g/mol. The van der Waals surface area contributed by atoms with Crippen molar-refractivity contribution in [2.75, 3.05) is 72.7 Å². The van der Waals surface area contributed by atoms with Gasteiger partial charge in [-0.3, -0.25) is 38.4 Å². The molecule has 9 saturated heterocycles. The molecule has 2 bridgehead atoms. The summed E-state index contributed by atoms with van der Waals surface area (Å²) in [5.41, 5.74) is -3.78. The van der Waals surface area contributed by atoms with E-state index in [-0.39, 0.29) is 179 Å². The van der Waals surface area contributed by atoms with Crippen molar-refractivity contribution < 1.29 is 191 Å². The number of cyclic esters (lactones) is 10. The van der Waals surface area contributed by atoms with Crippen LogP contribution in [0.4, 0.5) is 33.6 Å². The Morgan fingerprint density at radius 3 is 1.21 bits per heavy atom. The van der Waals surface area contributed by atoms with Crippen molar-refractivity contribution in [3.63, 3.8) is 0 Å². The average Bonchev–Trinajstić information content (AvgIpc) is 1.58. The Kier molecular flexibility index (Phi) is 44.3. The van der Waals surface area contributed by atoms with Crippen molar-refractivity contribution in [1.29, 1.82) is 0 Å². The van der Waals surface area contributed by atoms with Gasteiger partial charge in [0.1, 0.15) is 106 Å². The van der Waals surface area contributed by atoms with Crippen molar-refractivity contribution in [2.24, 2.45) is 61.1 Å². The minimum Gasteiger partial charge on any atom is -0.465 e. The molecule has 40 nitrogen and oxygen atoms in total. The van der Waals surface area contributed by atoms with Gasteiger partial charge >= 0.3 is 90.8 Å². The molecule has 134 heavy (non-hydrogen) atoms. The fourth-order valence-electron chi connectivity index (χ4n) is 13.2. The van der Waals surface area contributed by atoms with E-state index in [0.29, 0.717) is 77.8 Å². The quantitative estimate of drug-likeness (QED) is 0.0362. The number of esters is 8. The molecule has 18 unspecified atom stereocenters. The van der Waals surface area contributed by atoms with Crippen LogP contribution in [0.3, 0.4) is 0 Å². The van der Waals surface area contributed by atoms with Crippen LogP contribution in [0, 0.1) is 61.1 Å². The van der Waals surface area contributed by atoms with Gasteiger partial charge in [0.2, 0.25) is 0 Å². The molecule has 0 aromatic rings. The first-order valence-corrected chi connectivity index (χ1v) is 46.8. The van der Waals surface area contributed by atoms with Gasteiger partial charge in [-0.2, -0.15) is 0 Å². The predicted molar refractivity (Wildman–Crippen MR) is 467 cm³/mol. The number of aliphatic hydroxyl groups is 1. The SMILES string of the molecule is CCC(C)(C)C(=O)OC1CC2CC1C1OC(=O)OC21.CCC(C)(C)C(=O)OC1CCC2OC(=O)OC2C1.CCC(C)(C)C(=O)OC1COC(=O)O1.CCC(C)(C)C(=O)OC1COC2C(O)COC12.CCC(C)(C)C(=O)OCC1COC(=O)O1.CCC(C)(C)C(=O)OCCC(C)C1COC(=O)O1.CCC(C)(C)C(=O)OCCC1COC(=O)O1.CCC(C)(C)C(=O)OCCCC1COC(=O)O1. The highest BCUT2D eigenvalue weighted by molar-refractivity contribution is 5.80. The highest BCUT2D eigenvalue weighted by atomic mass is 16.8. The van der Waals surface area contributed by atoms with Crippen molar-refractivity contribution in [2.45, 2.75) is 374 Å². The fraction of sp³-hybridized carbons (Fsp3) is 0.840. The third-order valence-electron chi connectivity index (χ3n) is 26.5. The van der Waals surface area contributed by atoms with Gasteiger partial charge in [0.25, 0.3) is 6.29 Å². The van der Waals surface area contributed by atoms with Crippen LogP contribution in [0.25, 0.3) is 0 Å². The Morgan fingerprint density at radius 2 is 0.739 bits per heavy atom. The summed E-state index contributed by atoms with van der Waals surface area (Å²) in [4.78, 5) is 169. The summed E-state index contributed by atoms with van der Waals surface area (Å²) in [7, 11) is 0. The zero-order valence-electron chi connectivity index (χ0n) is 83.1. The molecular weight excluding hydrogens is 1770 g/mol. The molecule has 18 atom stereocenters. The molecule has 766 valence electrons. The third kappa shape index (κ3) is 35.3. The number of aliphatic hydroxyl groups excluding tert-OH is 1. The smallest absolute Gasteiger partial charge is 0.465 e. The number of carbonyl (C=O) groups is 15. The number of fused-ring (bicyclic) bond motifs is 7. The Bertz CT molecular complexity index is 3900. The first-order valence-electron chi connectivity index (χ1n) is 46.8. The van der Waals surface area contributed by atoms with Crippen LogP contribution in [-0.2, 0) is 152 Å². The lowest BCUT2D eigenvalue weighted by molar-refractivity contribution is -0.174. The van der Waals surface area contributed by atoms with Gasteiger partial charge in [0.15, 0.2) is 18.8 Å². The van der Waals surface area contributed by atoms with Gasteiger partial charge in [-0.25, -0.2) is 33.6 Å². The lowest BCUT2D eigenvalue weighted by Gasteiger charge is -2.30. The highest BCUT2D eigenvalue weighted by Gasteiger charge is 2.62. The van der Waals surface area contributed by atoms with Gasteiger partial charge in [0, 0.05) is 24.7 Å². The van der Waals surface area contributed by atoms with E-state index < -0.39 is 111 Å². The van der Waals surface area contributed by atoms with E-state index in [0.717, 1.165) is 57.8 Å². The van der Waals surface area contributed by atoms with E-state index in [1.165, 1.54) is 0 Å². The molecule has 1 N–H and O–H groups in total. The summed E-state index contributed by atoms with van der Waals surface area (Å²) >= 11 is 0. The highest BCUT2D eigenvalue weighted by Crippen LogP contribution is 2.52.